The fourth-order valence-corrected chi connectivity index (χ4v) is 2.51. The van der Waals surface area contributed by atoms with Crippen LogP contribution < -0.4 is 9.08 Å². The molecule has 0 saturated heterocycles. The lowest BCUT2D eigenvalue weighted by Gasteiger charge is -2.25. The van der Waals surface area contributed by atoms with Crippen molar-refractivity contribution in [3.63, 3.8) is 0 Å². The molecule has 1 aromatic rings. The van der Waals surface area contributed by atoms with Crippen molar-refractivity contribution in [1.29, 1.82) is 0 Å². The average molecular weight is 329 g/mol. The number of halogens is 3. The summed E-state index contributed by atoms with van der Waals surface area (Å²) in [5.74, 6) is 1.96. The monoisotopic (exact) mass is 327 g/mol. The van der Waals surface area contributed by atoms with Crippen molar-refractivity contribution in [3.8, 4) is 5.75 Å². The van der Waals surface area contributed by atoms with Gasteiger partial charge in [-0.15, -0.1) is 34.8 Å². The molecule has 2 nitrogen and oxygen atoms in total. The van der Waals surface area contributed by atoms with Crippen molar-refractivity contribution in [2.45, 2.75) is 6.92 Å². The van der Waals surface area contributed by atoms with Crippen LogP contribution in [-0.2, 0) is 0 Å². The van der Waals surface area contributed by atoms with Gasteiger partial charge in [0.25, 0.3) is 0 Å². The summed E-state index contributed by atoms with van der Waals surface area (Å²) < 4.78 is 5.40. The molecule has 0 amide bonds. The highest BCUT2D eigenvalue weighted by Gasteiger charge is 2.09. The second kappa shape index (κ2) is 9.03. The predicted octanol–water partition coefficient (Wildman–Crippen LogP) is 4.50. The van der Waals surface area contributed by atoms with Gasteiger partial charge in [-0.2, -0.15) is 0 Å². The average Bonchev–Trinajstić information content (AvgIpc) is 2.36. The molecule has 0 bridgehead atoms. The van der Waals surface area contributed by atoms with E-state index in [1.165, 1.54) is 12.0 Å². The molecule has 0 fully saturated rings. The van der Waals surface area contributed by atoms with Crippen LogP contribution >= 0.6 is 46.8 Å². The van der Waals surface area contributed by atoms with Crippen molar-refractivity contribution in [3.05, 3.63) is 23.8 Å². The van der Waals surface area contributed by atoms with Crippen LogP contribution in [0.15, 0.2) is 18.2 Å². The molecule has 0 heterocycles. The molecule has 0 saturated carbocycles. The van der Waals surface area contributed by atoms with E-state index in [1.807, 2.05) is 25.1 Å². The van der Waals surface area contributed by atoms with Crippen LogP contribution in [0.25, 0.3) is 0 Å². The third kappa shape index (κ3) is 4.96. The maximum atomic E-state index is 5.81. The highest BCUT2D eigenvalue weighted by Crippen LogP contribution is 2.27. The fraction of sp³-hybridized carbons (Fsp3) is 0.500. The minimum atomic E-state index is 0.408. The molecule has 0 aliphatic rings. The third-order valence-corrected chi connectivity index (χ3v) is 3.42. The van der Waals surface area contributed by atoms with Gasteiger partial charge in [0.2, 0.25) is 0 Å². The molecule has 0 aliphatic heterocycles. The summed E-state index contributed by atoms with van der Waals surface area (Å²) in [5, 5.41) is 0.408. The third-order valence-electron chi connectivity index (χ3n) is 2.42. The number of alkyl halides is 3. The molecule has 18 heavy (non-hydrogen) atoms. The van der Waals surface area contributed by atoms with Gasteiger partial charge in [-0.1, -0.05) is 0 Å². The quantitative estimate of drug-likeness (QED) is 0.515. The Kier molecular flexibility index (Phi) is 8.07. The van der Waals surface area contributed by atoms with E-state index in [-0.39, 0.29) is 0 Å². The SMILES string of the molecule is Cc1cc(OSCCl)ccc1N(CCCl)CCCl. The summed E-state index contributed by atoms with van der Waals surface area (Å²) in [7, 11) is 0. The Bertz CT molecular complexity index is 359. The molecular weight excluding hydrogens is 313 g/mol. The molecule has 0 atom stereocenters. The molecule has 6 heteroatoms. The Morgan fingerprint density at radius 3 is 2.33 bits per heavy atom. The van der Waals surface area contributed by atoms with Crippen LogP contribution in [0.5, 0.6) is 5.75 Å². The molecule has 0 radical (unpaired) electrons. The van der Waals surface area contributed by atoms with E-state index in [9.17, 15) is 0 Å². The topological polar surface area (TPSA) is 12.5 Å². The van der Waals surface area contributed by atoms with Crippen molar-refractivity contribution in [2.24, 2.45) is 0 Å². The molecule has 1 aromatic carbocycles. The van der Waals surface area contributed by atoms with Crippen LogP contribution in [-0.4, -0.2) is 30.1 Å². The summed E-state index contributed by atoms with van der Waals surface area (Å²) in [5.41, 5.74) is 2.28. The second-order valence-corrected chi connectivity index (χ2v) is 5.65. The molecule has 1 rings (SSSR count). The number of hydrogen-bond acceptors (Lipinski definition) is 3. The van der Waals surface area contributed by atoms with E-state index in [0.29, 0.717) is 17.0 Å². The van der Waals surface area contributed by atoms with E-state index < -0.39 is 0 Å². The first-order chi connectivity index (χ1) is 8.72. The van der Waals surface area contributed by atoms with Gasteiger partial charge in [-0.05, 0) is 30.7 Å². The Morgan fingerprint density at radius 2 is 1.83 bits per heavy atom. The van der Waals surface area contributed by atoms with Crippen molar-refractivity contribution in [1.82, 2.24) is 0 Å². The standard InChI is InChI=1S/C12H16Cl3NOS/c1-10-8-11(17-18-9-15)2-3-12(10)16(6-4-13)7-5-14/h2-3,8H,4-7,9H2,1H3. The second-order valence-electron chi connectivity index (χ2n) is 3.62. The molecule has 102 valence electrons. The summed E-state index contributed by atoms with van der Waals surface area (Å²) in [6.07, 6.45) is 0. The molecule has 0 aromatic heterocycles. The first-order valence-corrected chi connectivity index (χ1v) is 8.07. The smallest absolute Gasteiger partial charge is 0.137 e. The van der Waals surface area contributed by atoms with E-state index >= 15 is 0 Å². The molecule has 0 aliphatic carbocycles. The lowest BCUT2D eigenvalue weighted by molar-refractivity contribution is 0.648. The minimum absolute atomic E-state index is 0.408. The maximum Gasteiger partial charge on any atom is 0.137 e. The zero-order valence-corrected chi connectivity index (χ0v) is 13.2. The summed E-state index contributed by atoms with van der Waals surface area (Å²) >= 11 is 18.4. The Hall–Kier alpha value is 0.0400. The van der Waals surface area contributed by atoms with Crippen LogP contribution in [0.4, 0.5) is 5.69 Å². The first-order valence-electron chi connectivity index (χ1n) is 5.56. The van der Waals surface area contributed by atoms with E-state index in [2.05, 4.69) is 4.90 Å². The van der Waals surface area contributed by atoms with Gasteiger partial charge in [0, 0.05) is 30.5 Å². The fourth-order valence-electron chi connectivity index (χ4n) is 1.68. The van der Waals surface area contributed by atoms with Gasteiger partial charge in [0.15, 0.2) is 0 Å². The summed E-state index contributed by atoms with van der Waals surface area (Å²) in [6, 6.07) is 5.94. The van der Waals surface area contributed by atoms with Crippen molar-refractivity contribution >= 4 is 52.5 Å². The minimum Gasteiger partial charge on any atom is -0.425 e. The van der Waals surface area contributed by atoms with E-state index in [1.54, 1.807) is 0 Å². The van der Waals surface area contributed by atoms with E-state index in [4.69, 9.17) is 39.0 Å². The number of benzene rings is 1. The first kappa shape index (κ1) is 16.1. The Morgan fingerprint density at radius 1 is 1.17 bits per heavy atom. The zero-order chi connectivity index (χ0) is 13.4. The van der Waals surface area contributed by atoms with Gasteiger partial charge in [-0.25, -0.2) is 0 Å². The largest absolute Gasteiger partial charge is 0.425 e. The zero-order valence-electron chi connectivity index (χ0n) is 10.2. The summed E-state index contributed by atoms with van der Waals surface area (Å²) in [6.45, 7) is 3.61. The number of hydrogen-bond donors (Lipinski definition) is 0. The Labute approximate surface area is 128 Å². The van der Waals surface area contributed by atoms with Gasteiger partial charge >= 0.3 is 0 Å². The van der Waals surface area contributed by atoms with Gasteiger partial charge in [-0.3, -0.25) is 0 Å². The van der Waals surface area contributed by atoms with Gasteiger partial charge in [0.1, 0.15) is 11.0 Å². The lowest BCUT2D eigenvalue weighted by atomic mass is 10.1. The van der Waals surface area contributed by atoms with Crippen LogP contribution in [0.1, 0.15) is 5.56 Å². The van der Waals surface area contributed by atoms with Crippen molar-refractivity contribution < 1.29 is 4.18 Å². The predicted molar refractivity (Wildman–Crippen MR) is 83.8 cm³/mol. The molecule has 0 unspecified atom stereocenters. The number of nitrogens with zero attached hydrogens (tertiary/aromatic N) is 1. The molecule has 0 spiro atoms. The normalized spacial score (nSPS) is 10.4. The molecular formula is C12H16Cl3NOS. The van der Waals surface area contributed by atoms with Crippen molar-refractivity contribution in [2.75, 3.05) is 35.0 Å². The van der Waals surface area contributed by atoms with Gasteiger partial charge in [0.05, 0.1) is 12.0 Å². The van der Waals surface area contributed by atoms with Gasteiger partial charge < -0.3 is 9.08 Å². The number of anilines is 1. The van der Waals surface area contributed by atoms with Crippen LogP contribution in [0.3, 0.4) is 0 Å². The van der Waals surface area contributed by atoms with Crippen LogP contribution in [0, 0.1) is 6.92 Å². The van der Waals surface area contributed by atoms with E-state index in [0.717, 1.165) is 30.1 Å². The highest BCUT2D eigenvalue weighted by molar-refractivity contribution is 7.96. The summed E-state index contributed by atoms with van der Waals surface area (Å²) in [4.78, 5) is 2.17. The lowest BCUT2D eigenvalue weighted by Crippen LogP contribution is -2.28. The number of rotatable bonds is 8. The number of aryl methyl sites for hydroxylation is 1. The Balaban J connectivity index is 2.81. The van der Waals surface area contributed by atoms with Crippen LogP contribution in [0.2, 0.25) is 0 Å². The highest BCUT2D eigenvalue weighted by atomic mass is 35.5. The molecule has 0 N–H and O–H groups in total. The maximum absolute atomic E-state index is 5.81.